The first kappa shape index (κ1) is 74.3. The summed E-state index contributed by atoms with van der Waals surface area (Å²) in [6.45, 7) is 4.31. The van der Waals surface area contributed by atoms with Crippen LogP contribution in [-0.2, 0) is 60.3 Å². The maximum absolute atomic E-state index is 13.9. The average Bonchev–Trinajstić information content (AvgIpc) is 1.41. The molecule has 2 aromatic carbocycles. The van der Waals surface area contributed by atoms with Crippen LogP contribution in [0.3, 0.4) is 0 Å². The molecule has 2 atom stereocenters. The van der Waals surface area contributed by atoms with Gasteiger partial charge in [-0.3, -0.25) is 18.9 Å². The number of nitrogens with one attached hydrogen (secondary N) is 4. The van der Waals surface area contributed by atoms with E-state index in [1.807, 2.05) is 34.1 Å². The number of nitriles is 2. The third-order valence-electron chi connectivity index (χ3n) is 15.6. The quantitative estimate of drug-likeness (QED) is 0.0304. The van der Waals surface area contributed by atoms with Gasteiger partial charge < -0.3 is 51.7 Å². The van der Waals surface area contributed by atoms with Gasteiger partial charge in [-0.2, -0.15) is 45.3 Å². The monoisotopic (exact) mass is 1340 g/mol. The summed E-state index contributed by atoms with van der Waals surface area (Å²) in [6, 6.07) is 20.0. The SMILES string of the molecule is CNC(=O)NCCCC1CCN(c2cc(N3CCC[C@H]3C(=O)NCCc3ccc(C#N)cc3)nc(C(F)(F)F)n2)CC1.N#Cc1ccc(CCNC(=O)[C@@H]2CCCN2c2cc(N3CCC(CCCC(=O)O)CC3)nc(C(F)(F)F)n2)cc1.NCS(=O)(=O)O.O=S(=O)=O. The Bertz CT molecular complexity index is 3400. The van der Waals surface area contributed by atoms with Crippen LogP contribution in [0.5, 0.6) is 0 Å². The molecular formula is C58H75F6N15O11S2. The van der Waals surface area contributed by atoms with E-state index in [1.165, 1.54) is 0 Å². The number of benzene rings is 2. The molecule has 4 saturated heterocycles. The van der Waals surface area contributed by atoms with Crippen molar-refractivity contribution in [3.05, 3.63) is 94.6 Å². The number of aromatic nitrogens is 4. The van der Waals surface area contributed by atoms with Crippen LogP contribution >= 0.6 is 0 Å². The lowest BCUT2D eigenvalue weighted by molar-refractivity contribution is -0.145. The molecule has 0 unspecified atom stereocenters. The Balaban J connectivity index is 0.000000291. The Labute approximate surface area is 530 Å². The van der Waals surface area contributed by atoms with Gasteiger partial charge in [0, 0.05) is 84.5 Å². The van der Waals surface area contributed by atoms with Crippen LogP contribution in [0.15, 0.2) is 60.7 Å². The minimum Gasteiger partial charge on any atom is -0.481 e. The number of piperidine rings is 2. The average molecular weight is 1340 g/mol. The van der Waals surface area contributed by atoms with Crippen LogP contribution in [0.4, 0.5) is 54.4 Å². The zero-order chi connectivity index (χ0) is 67.6. The number of urea groups is 1. The summed E-state index contributed by atoms with van der Waals surface area (Å²) in [4.78, 5) is 70.6. The molecule has 502 valence electrons. The zero-order valence-electron chi connectivity index (χ0n) is 50.5. The van der Waals surface area contributed by atoms with Gasteiger partial charge >= 0.3 is 35.0 Å². The van der Waals surface area contributed by atoms with E-state index in [2.05, 4.69) is 59.1 Å². The molecule has 4 aliphatic heterocycles. The smallest absolute Gasteiger partial charge is 0.451 e. The highest BCUT2D eigenvalue weighted by Gasteiger charge is 2.41. The molecule has 0 radical (unpaired) electrons. The number of alkyl halides is 6. The lowest BCUT2D eigenvalue weighted by Gasteiger charge is -2.34. The van der Waals surface area contributed by atoms with Gasteiger partial charge in [0.05, 0.1) is 23.3 Å². The fourth-order valence-corrected chi connectivity index (χ4v) is 10.9. The number of anilines is 4. The fraction of sp³-hybridized carbons (Fsp3) is 0.552. The number of hydrogen-bond acceptors (Lipinski definition) is 20. The number of nitrogens with zero attached hydrogens (tertiary/aromatic N) is 10. The van der Waals surface area contributed by atoms with E-state index in [-0.39, 0.29) is 47.5 Å². The predicted molar refractivity (Wildman–Crippen MR) is 324 cm³/mol. The highest BCUT2D eigenvalue weighted by Crippen LogP contribution is 2.37. The van der Waals surface area contributed by atoms with Gasteiger partial charge in [-0.1, -0.05) is 24.3 Å². The van der Waals surface area contributed by atoms with Crippen LogP contribution in [-0.4, -0.2) is 158 Å². The predicted octanol–water partition coefficient (Wildman–Crippen LogP) is 5.57. The molecule has 4 amide bonds. The van der Waals surface area contributed by atoms with Crippen molar-refractivity contribution in [2.45, 2.75) is 121 Å². The molecule has 4 fully saturated rings. The number of carbonyl (C=O) groups is 4. The zero-order valence-corrected chi connectivity index (χ0v) is 52.1. The summed E-state index contributed by atoms with van der Waals surface area (Å²) >= 11 is 0. The number of rotatable bonds is 21. The van der Waals surface area contributed by atoms with Crippen molar-refractivity contribution < 1.29 is 76.2 Å². The lowest BCUT2D eigenvalue weighted by Crippen LogP contribution is -2.44. The topological polar surface area (TPSA) is 380 Å². The summed E-state index contributed by atoms with van der Waals surface area (Å²) in [5.41, 5.74) is 7.51. The van der Waals surface area contributed by atoms with Gasteiger partial charge in [0.1, 0.15) is 41.2 Å². The van der Waals surface area contributed by atoms with Gasteiger partial charge in [-0.25, -0.2) is 24.7 Å². The Hall–Kier alpha value is -8.47. The Morgan fingerprint density at radius 3 is 1.33 bits per heavy atom. The maximum atomic E-state index is 13.9. The molecule has 8 N–H and O–H groups in total. The van der Waals surface area contributed by atoms with E-state index in [4.69, 9.17) is 32.8 Å². The Morgan fingerprint density at radius 1 is 0.620 bits per heavy atom. The van der Waals surface area contributed by atoms with E-state index in [1.54, 1.807) is 53.2 Å². The number of carbonyl (C=O) groups excluding carboxylic acids is 3. The van der Waals surface area contributed by atoms with Crippen LogP contribution in [0.2, 0.25) is 0 Å². The number of carboxylic acids is 1. The van der Waals surface area contributed by atoms with E-state index >= 15 is 0 Å². The van der Waals surface area contributed by atoms with Crippen LogP contribution < -0.4 is 46.6 Å². The van der Waals surface area contributed by atoms with E-state index < -0.39 is 68.7 Å². The summed E-state index contributed by atoms with van der Waals surface area (Å²) in [5.74, 6) is -3.11. The fourth-order valence-electron chi connectivity index (χ4n) is 10.9. The summed E-state index contributed by atoms with van der Waals surface area (Å²) in [7, 11) is -5.43. The van der Waals surface area contributed by atoms with Crippen molar-refractivity contribution in [1.29, 1.82) is 10.5 Å². The molecule has 0 bridgehead atoms. The standard InChI is InChI=1S/C29H37F3N8O2.C28H33F3N6O3.CH5NO3S.O3S/c1-34-28(42)36-13-2-4-20-11-16-39(17-12-20)24-18-25(38-27(37-24)29(30,31)32)40-15-3-5-23(40)26(41)35-14-10-21-6-8-22(19-33)9-7-21;29-28(30,31)27-34-23(36-15-11-19(12-16-36)3-1-5-25(38)39)17-24(35-27)37-14-2-4-22(37)26(40)33-13-10-20-6-8-21(18-32)9-7-20;2-1-6(3,4)5;1-4(2)3/h6-9,18,20,23H,2-5,10-17H2,1H3,(H,35,41)(H2,34,36,42);6-9,17,19,22H,1-5,10-16H2,(H,33,40)(H,38,39);1-2H2,(H,3,4,5);/t23-;22-;;/m00../s1. The van der Waals surface area contributed by atoms with Crippen molar-refractivity contribution in [2.24, 2.45) is 17.6 Å². The molecular weight excluding hydrogens is 1260 g/mol. The Kier molecular flexibility index (Phi) is 29.0. The minimum absolute atomic E-state index is 0.0886. The first-order chi connectivity index (χ1) is 43.6. The summed E-state index contributed by atoms with van der Waals surface area (Å²) < 4.78 is 135. The largest absolute Gasteiger partial charge is 0.481 e. The molecule has 92 heavy (non-hydrogen) atoms. The molecule has 8 rings (SSSR count). The highest BCUT2D eigenvalue weighted by atomic mass is 32.2. The normalized spacial score (nSPS) is 16.9. The third kappa shape index (κ3) is 25.0. The third-order valence-corrected chi connectivity index (χ3v) is 16.0. The maximum Gasteiger partial charge on any atom is 0.451 e. The lowest BCUT2D eigenvalue weighted by atomic mass is 9.91. The number of nitrogens with two attached hydrogens (primary N) is 1. The van der Waals surface area contributed by atoms with Crippen LogP contribution in [0, 0.1) is 34.5 Å². The first-order valence-corrected chi connectivity index (χ1v) is 32.3. The number of amides is 4. The number of carboxylic acid groups (broad SMARTS) is 1. The molecule has 6 heterocycles. The van der Waals surface area contributed by atoms with Crippen molar-refractivity contribution in [3.63, 3.8) is 0 Å². The van der Waals surface area contributed by atoms with E-state index in [0.717, 1.165) is 56.1 Å². The van der Waals surface area contributed by atoms with Crippen molar-refractivity contribution in [2.75, 3.05) is 91.4 Å². The first-order valence-electron chi connectivity index (χ1n) is 29.7. The van der Waals surface area contributed by atoms with Crippen molar-refractivity contribution >= 4 is 67.8 Å². The van der Waals surface area contributed by atoms with Crippen molar-refractivity contribution in [1.82, 2.24) is 41.2 Å². The van der Waals surface area contributed by atoms with E-state index in [9.17, 15) is 53.9 Å². The number of aliphatic carboxylic acids is 1. The van der Waals surface area contributed by atoms with Gasteiger partial charge in [0.15, 0.2) is 0 Å². The summed E-state index contributed by atoms with van der Waals surface area (Å²) in [5, 5.41) is 37.8. The van der Waals surface area contributed by atoms with E-state index in [0.29, 0.717) is 127 Å². The second-order valence-corrected chi connectivity index (χ2v) is 23.9. The molecule has 4 aliphatic rings. The molecule has 0 saturated carbocycles. The summed E-state index contributed by atoms with van der Waals surface area (Å²) in [6.07, 6.45) is 0.358. The van der Waals surface area contributed by atoms with Crippen LogP contribution in [0.25, 0.3) is 0 Å². The Morgan fingerprint density at radius 2 is 0.989 bits per heavy atom. The molecule has 26 nitrogen and oxygen atoms in total. The molecule has 0 spiro atoms. The number of halogens is 6. The molecule has 0 aliphatic carbocycles. The van der Waals surface area contributed by atoms with Crippen LogP contribution in [0.1, 0.15) is 117 Å². The highest BCUT2D eigenvalue weighted by molar-refractivity contribution is 7.85. The minimum atomic E-state index is -4.74. The van der Waals surface area contributed by atoms with Crippen molar-refractivity contribution in [3.8, 4) is 12.1 Å². The second-order valence-electron chi connectivity index (χ2n) is 22.0. The van der Waals surface area contributed by atoms with Gasteiger partial charge in [0.2, 0.25) is 23.5 Å². The molecule has 4 aromatic rings. The van der Waals surface area contributed by atoms with Gasteiger partial charge in [-0.05, 0) is 137 Å². The number of hydrogen-bond donors (Lipinski definition) is 7. The van der Waals surface area contributed by atoms with Gasteiger partial charge in [0.25, 0.3) is 10.1 Å². The van der Waals surface area contributed by atoms with Gasteiger partial charge in [-0.15, -0.1) is 12.6 Å². The molecule has 2 aromatic heterocycles. The second kappa shape index (κ2) is 36.0. The molecule has 34 heteroatoms.